The maximum absolute atomic E-state index is 12.7. The van der Waals surface area contributed by atoms with E-state index in [2.05, 4.69) is 10.3 Å². The van der Waals surface area contributed by atoms with E-state index >= 15 is 0 Å². The number of ether oxygens (including phenoxy) is 1. The lowest BCUT2D eigenvalue weighted by Gasteiger charge is -2.30. The van der Waals surface area contributed by atoms with Crippen molar-refractivity contribution in [1.29, 1.82) is 0 Å². The average Bonchev–Trinajstić information content (AvgIpc) is 3.10. The molecule has 184 valence electrons. The molecular weight excluding hydrogens is 440 g/mol. The summed E-state index contributed by atoms with van der Waals surface area (Å²) in [6.45, 7) is 1.59. The van der Waals surface area contributed by atoms with Gasteiger partial charge in [-0.3, -0.25) is 19.5 Å². The molecule has 1 aromatic heterocycles. The van der Waals surface area contributed by atoms with Gasteiger partial charge in [0.1, 0.15) is 0 Å². The lowest BCUT2D eigenvalue weighted by Crippen LogP contribution is -2.42. The Kier molecular flexibility index (Phi) is 7.35. The van der Waals surface area contributed by atoms with Crippen LogP contribution in [0.25, 0.3) is 11.0 Å². The highest BCUT2D eigenvalue weighted by molar-refractivity contribution is 6.02. The molecule has 0 radical (unpaired) electrons. The molecule has 34 heavy (non-hydrogen) atoms. The summed E-state index contributed by atoms with van der Waals surface area (Å²) >= 11 is 0. The van der Waals surface area contributed by atoms with Gasteiger partial charge in [-0.2, -0.15) is 0 Å². The summed E-state index contributed by atoms with van der Waals surface area (Å²) in [5.41, 5.74) is 3.02. The van der Waals surface area contributed by atoms with Gasteiger partial charge in [0.2, 0.25) is 11.8 Å². The molecule has 1 aromatic carbocycles. The van der Waals surface area contributed by atoms with Crippen LogP contribution >= 0.6 is 0 Å². The van der Waals surface area contributed by atoms with Gasteiger partial charge in [-0.1, -0.05) is 12.5 Å². The molecule has 2 unspecified atom stereocenters. The summed E-state index contributed by atoms with van der Waals surface area (Å²) in [6, 6.07) is 3.85. The lowest BCUT2D eigenvalue weighted by atomic mass is 9.85. The minimum atomic E-state index is -0.892. The van der Waals surface area contributed by atoms with Gasteiger partial charge in [0.15, 0.2) is 0 Å². The first-order valence-corrected chi connectivity index (χ1v) is 12.0. The third kappa shape index (κ3) is 5.16. The van der Waals surface area contributed by atoms with Gasteiger partial charge in [-0.25, -0.2) is 9.59 Å². The fourth-order valence-electron chi connectivity index (χ4n) is 5.08. The number of likely N-dealkylation sites (tertiary alicyclic amines) is 1. The van der Waals surface area contributed by atoms with Crippen molar-refractivity contribution in [2.24, 2.45) is 7.05 Å². The van der Waals surface area contributed by atoms with Crippen molar-refractivity contribution in [1.82, 2.24) is 19.8 Å². The number of aryl methyl sites for hydroxylation is 2. The number of aromatic nitrogens is 2. The highest BCUT2D eigenvalue weighted by Crippen LogP contribution is 2.33. The number of imide groups is 1. The van der Waals surface area contributed by atoms with Crippen LogP contribution in [-0.2, 0) is 27.8 Å². The molecular formula is C24H32N4O6. The van der Waals surface area contributed by atoms with Crippen LogP contribution in [0, 0.1) is 0 Å². The van der Waals surface area contributed by atoms with Crippen LogP contribution in [0.1, 0.15) is 62.0 Å². The molecule has 10 heteroatoms. The standard InChI is InChI=1S/C24H32N4O6/c1-27-21-18(25-23(27)31)10-8-15(20(21)17-9-11-19(29)26-22(17)30)6-3-2-4-13-34-16-7-5-12-28(14-16)24(32)33/h8,10,16-17H,2-7,9,11-14H2,1H3,(H,25,31)(H,32,33)(H,26,29,30). The first kappa shape index (κ1) is 24.0. The zero-order chi connectivity index (χ0) is 24.2. The first-order valence-electron chi connectivity index (χ1n) is 12.0. The second-order valence-corrected chi connectivity index (χ2v) is 9.20. The van der Waals surface area contributed by atoms with Crippen LogP contribution in [0.2, 0.25) is 0 Å². The van der Waals surface area contributed by atoms with Crippen LogP contribution in [-0.4, -0.2) is 63.3 Å². The van der Waals surface area contributed by atoms with Gasteiger partial charge in [0.25, 0.3) is 0 Å². The molecule has 2 atom stereocenters. The summed E-state index contributed by atoms with van der Waals surface area (Å²) in [7, 11) is 1.69. The number of rotatable bonds is 8. The fraction of sp³-hybridized carbons (Fsp3) is 0.583. The number of carboxylic acid groups (broad SMARTS) is 1. The quantitative estimate of drug-likeness (QED) is 0.399. The summed E-state index contributed by atoms with van der Waals surface area (Å²) in [4.78, 5) is 52.0. The van der Waals surface area contributed by atoms with E-state index in [1.165, 1.54) is 9.47 Å². The third-order valence-electron chi connectivity index (χ3n) is 6.87. The van der Waals surface area contributed by atoms with Crippen molar-refractivity contribution < 1.29 is 24.2 Å². The zero-order valence-electron chi connectivity index (χ0n) is 19.5. The number of piperidine rings is 2. The second kappa shape index (κ2) is 10.4. The number of benzene rings is 1. The van der Waals surface area contributed by atoms with E-state index in [9.17, 15) is 19.2 Å². The Morgan fingerprint density at radius 1 is 1.18 bits per heavy atom. The topological polar surface area (TPSA) is 134 Å². The zero-order valence-corrected chi connectivity index (χ0v) is 19.5. The van der Waals surface area contributed by atoms with Crippen LogP contribution in [0.4, 0.5) is 4.79 Å². The van der Waals surface area contributed by atoms with E-state index < -0.39 is 12.0 Å². The Hall–Kier alpha value is -3.14. The van der Waals surface area contributed by atoms with Crippen LogP contribution in [0.5, 0.6) is 0 Å². The molecule has 2 fully saturated rings. The maximum atomic E-state index is 12.7. The lowest BCUT2D eigenvalue weighted by molar-refractivity contribution is -0.134. The number of carbonyl (C=O) groups excluding carboxylic acids is 2. The number of nitrogens with one attached hydrogen (secondary N) is 2. The molecule has 0 saturated carbocycles. The van der Waals surface area contributed by atoms with E-state index in [-0.39, 0.29) is 30.0 Å². The van der Waals surface area contributed by atoms with E-state index in [4.69, 9.17) is 9.84 Å². The number of unbranched alkanes of at least 4 members (excludes halogenated alkanes) is 2. The van der Waals surface area contributed by atoms with E-state index in [0.717, 1.165) is 55.2 Å². The molecule has 10 nitrogen and oxygen atoms in total. The monoisotopic (exact) mass is 472 g/mol. The minimum absolute atomic E-state index is 0.0405. The van der Waals surface area contributed by atoms with E-state index in [1.807, 2.05) is 12.1 Å². The molecule has 4 rings (SSSR count). The van der Waals surface area contributed by atoms with Gasteiger partial charge in [0, 0.05) is 26.6 Å². The molecule has 2 aromatic rings. The van der Waals surface area contributed by atoms with Crippen molar-refractivity contribution in [2.45, 2.75) is 63.4 Å². The molecule has 0 spiro atoms. The van der Waals surface area contributed by atoms with Gasteiger partial charge in [-0.05, 0) is 55.7 Å². The summed E-state index contributed by atoms with van der Waals surface area (Å²) in [5, 5.41) is 11.6. The fourth-order valence-corrected chi connectivity index (χ4v) is 5.08. The van der Waals surface area contributed by atoms with Gasteiger partial charge in [0.05, 0.1) is 29.6 Å². The summed E-state index contributed by atoms with van der Waals surface area (Å²) < 4.78 is 7.44. The highest BCUT2D eigenvalue weighted by Gasteiger charge is 2.32. The number of imidazole rings is 1. The Morgan fingerprint density at radius 3 is 2.76 bits per heavy atom. The number of fused-ring (bicyclic) bond motifs is 1. The molecule has 0 aliphatic carbocycles. The van der Waals surface area contributed by atoms with Crippen molar-refractivity contribution >= 4 is 28.9 Å². The van der Waals surface area contributed by atoms with Crippen LogP contribution in [0.15, 0.2) is 16.9 Å². The van der Waals surface area contributed by atoms with Gasteiger partial charge < -0.3 is 19.7 Å². The SMILES string of the molecule is Cn1c(=O)[nH]c2ccc(CCCCCOC3CCCN(C(=O)O)C3)c(C3CCC(=O)NC3=O)c21. The number of hydrogen-bond donors (Lipinski definition) is 3. The smallest absolute Gasteiger partial charge is 0.407 e. The molecule has 2 aliphatic heterocycles. The number of aromatic amines is 1. The van der Waals surface area contributed by atoms with Gasteiger partial charge >= 0.3 is 11.8 Å². The summed E-state index contributed by atoms with van der Waals surface area (Å²) in [5.74, 6) is -1.04. The molecule has 3 heterocycles. The van der Waals surface area contributed by atoms with Crippen molar-refractivity contribution in [2.75, 3.05) is 19.7 Å². The number of H-pyrrole nitrogens is 1. The summed E-state index contributed by atoms with van der Waals surface area (Å²) in [6.07, 6.45) is 4.91. The normalized spacial score (nSPS) is 21.1. The molecule has 0 bridgehead atoms. The number of hydrogen-bond acceptors (Lipinski definition) is 5. The first-order chi connectivity index (χ1) is 16.3. The predicted molar refractivity (Wildman–Crippen MR) is 125 cm³/mol. The maximum Gasteiger partial charge on any atom is 0.407 e. The highest BCUT2D eigenvalue weighted by atomic mass is 16.5. The van der Waals surface area contributed by atoms with Crippen LogP contribution < -0.4 is 11.0 Å². The van der Waals surface area contributed by atoms with E-state index in [0.29, 0.717) is 31.6 Å². The third-order valence-corrected chi connectivity index (χ3v) is 6.87. The van der Waals surface area contributed by atoms with Crippen molar-refractivity contribution in [3.05, 3.63) is 33.7 Å². The number of nitrogens with zero attached hydrogens (tertiary/aromatic N) is 2. The Balaban J connectivity index is 1.38. The molecule has 3 N–H and O–H groups in total. The van der Waals surface area contributed by atoms with Gasteiger partial charge in [-0.15, -0.1) is 0 Å². The van der Waals surface area contributed by atoms with Crippen molar-refractivity contribution in [3.63, 3.8) is 0 Å². The number of carbonyl (C=O) groups is 3. The largest absolute Gasteiger partial charge is 0.465 e. The predicted octanol–water partition coefficient (Wildman–Crippen LogP) is 2.26. The van der Waals surface area contributed by atoms with Crippen molar-refractivity contribution in [3.8, 4) is 0 Å². The molecule has 3 amide bonds. The Morgan fingerprint density at radius 2 is 2.00 bits per heavy atom. The second-order valence-electron chi connectivity index (χ2n) is 9.20. The Labute approximate surface area is 197 Å². The Bertz CT molecular complexity index is 1140. The minimum Gasteiger partial charge on any atom is -0.465 e. The average molecular weight is 473 g/mol. The van der Waals surface area contributed by atoms with E-state index in [1.54, 1.807) is 7.05 Å². The number of amides is 3. The van der Waals surface area contributed by atoms with Crippen LogP contribution in [0.3, 0.4) is 0 Å². The molecule has 2 saturated heterocycles. The molecule has 2 aliphatic rings.